The number of nitrogens with one attached hydrogen (secondary N) is 3. The number of hydrogen-bond acceptors (Lipinski definition) is 5. The van der Waals surface area contributed by atoms with Crippen molar-refractivity contribution in [1.29, 1.82) is 0 Å². The van der Waals surface area contributed by atoms with Crippen LogP contribution in [0.3, 0.4) is 0 Å². The lowest BCUT2D eigenvalue weighted by Crippen LogP contribution is -2.48. The molecule has 0 aliphatic carbocycles. The van der Waals surface area contributed by atoms with Crippen molar-refractivity contribution < 1.29 is 14.3 Å². The standard InChI is InChI=1S/C24H41N5O3.HI/c1-6-25-23(27-18-22(30)28-24(2,3)4)26-17-19-8-7-9-21(16-19)32-15-12-29(5)20-10-13-31-14-11-20;/h7-9,16,20H,6,10-15,17-18H2,1-5H3,(H,28,30)(H2,25,26,27);1H. The summed E-state index contributed by atoms with van der Waals surface area (Å²) < 4.78 is 11.4. The van der Waals surface area contributed by atoms with Crippen LogP contribution in [0.1, 0.15) is 46.1 Å². The molecule has 0 atom stereocenters. The highest BCUT2D eigenvalue weighted by molar-refractivity contribution is 14.0. The minimum absolute atomic E-state index is 0. The Kier molecular flexibility index (Phi) is 13.7. The van der Waals surface area contributed by atoms with E-state index in [2.05, 4.69) is 32.9 Å². The first-order valence-electron chi connectivity index (χ1n) is 11.6. The molecule has 1 aromatic rings. The van der Waals surface area contributed by atoms with E-state index in [1.165, 1.54) is 0 Å². The quantitative estimate of drug-likeness (QED) is 0.226. The molecule has 0 bridgehead atoms. The van der Waals surface area contributed by atoms with Crippen LogP contribution >= 0.6 is 24.0 Å². The second-order valence-corrected chi connectivity index (χ2v) is 9.17. The minimum Gasteiger partial charge on any atom is -0.492 e. The smallest absolute Gasteiger partial charge is 0.239 e. The van der Waals surface area contributed by atoms with E-state index >= 15 is 0 Å². The van der Waals surface area contributed by atoms with E-state index in [1.54, 1.807) is 0 Å². The number of guanidine groups is 1. The first kappa shape index (κ1) is 29.4. The van der Waals surface area contributed by atoms with Gasteiger partial charge >= 0.3 is 0 Å². The molecule has 1 amide bonds. The minimum atomic E-state index is -0.256. The van der Waals surface area contributed by atoms with Crippen LogP contribution in [0.5, 0.6) is 5.75 Å². The summed E-state index contributed by atoms with van der Waals surface area (Å²) in [6.07, 6.45) is 2.17. The van der Waals surface area contributed by atoms with Gasteiger partial charge in [-0.3, -0.25) is 9.69 Å². The molecule has 0 unspecified atom stereocenters. The third kappa shape index (κ3) is 12.4. The number of carbonyl (C=O) groups is 1. The van der Waals surface area contributed by atoms with Crippen molar-refractivity contribution in [2.75, 3.05) is 46.5 Å². The molecular formula is C24H42IN5O3. The third-order valence-corrected chi connectivity index (χ3v) is 5.12. The molecule has 2 rings (SSSR count). The number of amides is 1. The molecule has 1 aliphatic heterocycles. The molecule has 8 nitrogen and oxygen atoms in total. The fourth-order valence-corrected chi connectivity index (χ4v) is 3.49. The molecule has 0 saturated carbocycles. The van der Waals surface area contributed by atoms with Gasteiger partial charge in [-0.25, -0.2) is 4.99 Å². The zero-order valence-corrected chi connectivity index (χ0v) is 23.1. The second-order valence-electron chi connectivity index (χ2n) is 9.17. The summed E-state index contributed by atoms with van der Waals surface area (Å²) in [7, 11) is 2.15. The first-order valence-corrected chi connectivity index (χ1v) is 11.6. The lowest BCUT2D eigenvalue weighted by atomic mass is 10.1. The fraction of sp³-hybridized carbons (Fsp3) is 0.667. The average molecular weight is 576 g/mol. The van der Waals surface area contributed by atoms with Crippen molar-refractivity contribution >= 4 is 35.8 Å². The molecule has 1 aromatic carbocycles. The van der Waals surface area contributed by atoms with E-state index in [9.17, 15) is 4.79 Å². The molecule has 1 aliphatic rings. The number of ether oxygens (including phenoxy) is 2. The molecule has 9 heteroatoms. The molecule has 3 N–H and O–H groups in total. The van der Waals surface area contributed by atoms with E-state index in [-0.39, 0.29) is 42.0 Å². The molecule has 1 heterocycles. The third-order valence-electron chi connectivity index (χ3n) is 5.12. The number of aliphatic imine (C=N–C) groups is 1. The Morgan fingerprint density at radius 2 is 1.97 bits per heavy atom. The van der Waals surface area contributed by atoms with Gasteiger partial charge in [0, 0.05) is 37.9 Å². The topological polar surface area (TPSA) is 87.2 Å². The van der Waals surface area contributed by atoms with Crippen LogP contribution < -0.4 is 20.7 Å². The normalized spacial score (nSPS) is 15.0. The van der Waals surface area contributed by atoms with Crippen LogP contribution in [0, 0.1) is 0 Å². The lowest BCUT2D eigenvalue weighted by molar-refractivity contribution is -0.121. The highest BCUT2D eigenvalue weighted by Crippen LogP contribution is 2.15. The molecule has 33 heavy (non-hydrogen) atoms. The SMILES string of the molecule is CCNC(=NCc1cccc(OCCN(C)C2CCOCC2)c1)NCC(=O)NC(C)(C)C.I. The van der Waals surface area contributed by atoms with Gasteiger partial charge in [0.2, 0.25) is 5.91 Å². The number of benzene rings is 1. The number of hydrogen-bond donors (Lipinski definition) is 3. The van der Waals surface area contributed by atoms with Crippen molar-refractivity contribution in [2.45, 2.75) is 58.7 Å². The summed E-state index contributed by atoms with van der Waals surface area (Å²) in [6, 6.07) is 8.59. The summed E-state index contributed by atoms with van der Waals surface area (Å²) in [6.45, 7) is 12.5. The Morgan fingerprint density at radius 3 is 2.64 bits per heavy atom. The van der Waals surface area contributed by atoms with Gasteiger partial charge in [0.05, 0.1) is 13.1 Å². The van der Waals surface area contributed by atoms with Crippen LogP contribution in [0.4, 0.5) is 0 Å². The summed E-state index contributed by atoms with van der Waals surface area (Å²) in [5, 5.41) is 9.20. The van der Waals surface area contributed by atoms with E-state index in [4.69, 9.17) is 9.47 Å². The van der Waals surface area contributed by atoms with Crippen LogP contribution in [0.2, 0.25) is 0 Å². The molecule has 188 valence electrons. The molecule has 1 fully saturated rings. The highest BCUT2D eigenvalue weighted by atomic mass is 127. The molecule has 0 radical (unpaired) electrons. The Morgan fingerprint density at radius 1 is 1.24 bits per heavy atom. The number of halogens is 1. The zero-order chi connectivity index (χ0) is 23.4. The Labute approximate surface area is 216 Å². The second kappa shape index (κ2) is 15.3. The maximum absolute atomic E-state index is 12.1. The van der Waals surface area contributed by atoms with Gasteiger partial charge in [0.1, 0.15) is 12.4 Å². The summed E-state index contributed by atoms with van der Waals surface area (Å²) in [5.74, 6) is 1.39. The number of rotatable bonds is 10. The Balaban J connectivity index is 0.00000544. The number of nitrogens with zero attached hydrogens (tertiary/aromatic N) is 2. The van der Waals surface area contributed by atoms with Crippen LogP contribution in [-0.4, -0.2) is 74.8 Å². The van der Waals surface area contributed by atoms with Gasteiger partial charge in [0.25, 0.3) is 0 Å². The fourth-order valence-electron chi connectivity index (χ4n) is 3.49. The predicted molar refractivity (Wildman–Crippen MR) is 145 cm³/mol. The van der Waals surface area contributed by atoms with Crippen molar-refractivity contribution in [1.82, 2.24) is 20.9 Å². The molecule has 1 saturated heterocycles. The van der Waals surface area contributed by atoms with Crippen molar-refractivity contribution in [3.8, 4) is 5.75 Å². The van der Waals surface area contributed by atoms with Gasteiger partial charge in [-0.2, -0.15) is 0 Å². The number of carbonyl (C=O) groups excluding carboxylic acids is 1. The van der Waals surface area contributed by atoms with Crippen molar-refractivity contribution in [2.24, 2.45) is 4.99 Å². The van der Waals surface area contributed by atoms with Gasteiger partial charge in [-0.05, 0) is 65.3 Å². The van der Waals surface area contributed by atoms with Gasteiger partial charge in [0.15, 0.2) is 5.96 Å². The van der Waals surface area contributed by atoms with Gasteiger partial charge in [-0.15, -0.1) is 24.0 Å². The van der Waals surface area contributed by atoms with E-state index < -0.39 is 0 Å². The highest BCUT2D eigenvalue weighted by Gasteiger charge is 2.18. The predicted octanol–water partition coefficient (Wildman–Crippen LogP) is 2.76. The van der Waals surface area contributed by atoms with Crippen LogP contribution in [0.25, 0.3) is 0 Å². The van der Waals surface area contributed by atoms with E-state index in [0.717, 1.165) is 50.5 Å². The molecule has 0 aromatic heterocycles. The lowest BCUT2D eigenvalue weighted by Gasteiger charge is -2.31. The van der Waals surface area contributed by atoms with Crippen molar-refractivity contribution in [3.63, 3.8) is 0 Å². The first-order chi connectivity index (χ1) is 15.3. The monoisotopic (exact) mass is 575 g/mol. The summed E-state index contributed by atoms with van der Waals surface area (Å²) in [5.41, 5.74) is 0.797. The van der Waals surface area contributed by atoms with Crippen LogP contribution in [-0.2, 0) is 16.1 Å². The van der Waals surface area contributed by atoms with Crippen LogP contribution in [0.15, 0.2) is 29.3 Å². The van der Waals surface area contributed by atoms with E-state index in [0.29, 0.717) is 25.2 Å². The van der Waals surface area contributed by atoms with Crippen molar-refractivity contribution in [3.05, 3.63) is 29.8 Å². The maximum Gasteiger partial charge on any atom is 0.239 e. The Hall–Kier alpha value is -1.59. The molecule has 0 spiro atoms. The van der Waals surface area contributed by atoms with Gasteiger partial charge in [-0.1, -0.05) is 12.1 Å². The van der Waals surface area contributed by atoms with E-state index in [1.807, 2.05) is 52.0 Å². The molecular weight excluding hydrogens is 533 g/mol. The largest absolute Gasteiger partial charge is 0.492 e. The summed E-state index contributed by atoms with van der Waals surface area (Å²) in [4.78, 5) is 19.0. The number of likely N-dealkylation sites (N-methyl/N-ethyl adjacent to an activating group) is 1. The average Bonchev–Trinajstić information content (AvgIpc) is 2.75. The zero-order valence-electron chi connectivity index (χ0n) is 20.8. The maximum atomic E-state index is 12.1. The van der Waals surface area contributed by atoms with Gasteiger partial charge < -0.3 is 25.4 Å². The Bertz CT molecular complexity index is 733. The summed E-state index contributed by atoms with van der Waals surface area (Å²) >= 11 is 0.